The van der Waals surface area contributed by atoms with Crippen LogP contribution in [-0.4, -0.2) is 31.0 Å². The first-order valence-electron chi connectivity index (χ1n) is 9.99. The van der Waals surface area contributed by atoms with Crippen molar-refractivity contribution in [1.29, 1.82) is 0 Å². The molecule has 5 heteroatoms. The van der Waals surface area contributed by atoms with Gasteiger partial charge in [-0.2, -0.15) is 8.42 Å². The standard InChI is InChI=1S/C22H30O4S/c1-5-21(26-27(4,24)25)13-11-17-18-10-9-16-8-6-7-12-19(16,2)22(18,23)15-14-20(17,21)3/h1,6,8-9,17-18,23H,7,10-15H2,2-4H3/t17-,18-,19-,20-,21-,22+/m0/s1. The molecule has 0 aliphatic heterocycles. The van der Waals surface area contributed by atoms with Crippen molar-refractivity contribution >= 4 is 10.1 Å². The van der Waals surface area contributed by atoms with E-state index in [0.29, 0.717) is 19.3 Å². The lowest BCUT2D eigenvalue weighted by atomic mass is 9.45. The third-order valence-electron chi connectivity index (χ3n) is 8.49. The number of hydrogen-bond acceptors (Lipinski definition) is 4. The molecule has 1 N–H and O–H groups in total. The fourth-order valence-corrected chi connectivity index (χ4v) is 7.73. The molecule has 0 spiro atoms. The molecule has 27 heavy (non-hydrogen) atoms. The zero-order chi connectivity index (χ0) is 19.7. The molecular weight excluding hydrogens is 360 g/mol. The minimum Gasteiger partial charge on any atom is -0.389 e. The Balaban J connectivity index is 1.77. The van der Waals surface area contributed by atoms with Crippen LogP contribution in [-0.2, 0) is 14.3 Å². The SMILES string of the molecule is C#C[C@]1(OS(C)(=O)=O)CC[C@H]2[C@@H]3CC=C4C=CCC[C@]4(C)[C@@]3(O)CC[C@@]21C. The second-order valence-corrected chi connectivity index (χ2v) is 11.1. The van der Waals surface area contributed by atoms with Gasteiger partial charge in [0.25, 0.3) is 10.1 Å². The molecule has 2 fully saturated rings. The molecule has 0 aromatic carbocycles. The number of hydrogen-bond donors (Lipinski definition) is 1. The Kier molecular flexibility index (Phi) is 4.07. The van der Waals surface area contributed by atoms with Crippen LogP contribution in [0.5, 0.6) is 0 Å². The van der Waals surface area contributed by atoms with E-state index >= 15 is 0 Å². The van der Waals surface area contributed by atoms with Gasteiger partial charge in [-0.1, -0.05) is 38.0 Å². The van der Waals surface area contributed by atoms with Gasteiger partial charge in [0, 0.05) is 10.8 Å². The zero-order valence-corrected chi connectivity index (χ0v) is 17.3. The van der Waals surface area contributed by atoms with E-state index in [9.17, 15) is 13.5 Å². The Morgan fingerprint density at radius 1 is 1.22 bits per heavy atom. The predicted molar refractivity (Wildman–Crippen MR) is 105 cm³/mol. The number of aliphatic hydroxyl groups is 1. The van der Waals surface area contributed by atoms with Crippen molar-refractivity contribution in [3.05, 3.63) is 23.8 Å². The van der Waals surface area contributed by atoms with Gasteiger partial charge < -0.3 is 5.11 Å². The van der Waals surface area contributed by atoms with Gasteiger partial charge in [0.1, 0.15) is 0 Å². The van der Waals surface area contributed by atoms with E-state index in [2.05, 4.69) is 38.0 Å². The van der Waals surface area contributed by atoms with Crippen molar-refractivity contribution in [2.45, 2.75) is 70.0 Å². The van der Waals surface area contributed by atoms with E-state index in [0.717, 1.165) is 31.9 Å². The quantitative estimate of drug-likeness (QED) is 0.578. The lowest BCUT2D eigenvalue weighted by Crippen LogP contribution is -2.64. The van der Waals surface area contributed by atoms with Crippen LogP contribution in [0.15, 0.2) is 23.8 Å². The summed E-state index contributed by atoms with van der Waals surface area (Å²) in [7, 11) is -3.67. The maximum Gasteiger partial charge on any atom is 0.265 e. The highest BCUT2D eigenvalue weighted by Crippen LogP contribution is 2.68. The molecule has 6 atom stereocenters. The van der Waals surface area contributed by atoms with Gasteiger partial charge in [0.05, 0.1) is 11.9 Å². The summed E-state index contributed by atoms with van der Waals surface area (Å²) >= 11 is 0. The summed E-state index contributed by atoms with van der Waals surface area (Å²) in [5.74, 6) is 2.96. The molecule has 4 aliphatic rings. The van der Waals surface area contributed by atoms with Crippen LogP contribution in [0.3, 0.4) is 0 Å². The average molecular weight is 391 g/mol. The molecular formula is C22H30O4S. The number of terminal acetylenes is 1. The first kappa shape index (κ1) is 19.2. The lowest BCUT2D eigenvalue weighted by Gasteiger charge is -2.62. The van der Waals surface area contributed by atoms with E-state index in [-0.39, 0.29) is 17.3 Å². The Hall–Kier alpha value is -1.09. The molecule has 0 aromatic heterocycles. The van der Waals surface area contributed by atoms with Crippen LogP contribution < -0.4 is 0 Å². The molecule has 4 aliphatic carbocycles. The van der Waals surface area contributed by atoms with Gasteiger partial charge in [-0.15, -0.1) is 6.42 Å². The average Bonchev–Trinajstić information content (AvgIpc) is 2.87. The van der Waals surface area contributed by atoms with Crippen LogP contribution in [0.2, 0.25) is 0 Å². The molecule has 4 nitrogen and oxygen atoms in total. The normalized spacial score (nSPS) is 48.8. The number of rotatable bonds is 2. The van der Waals surface area contributed by atoms with Gasteiger partial charge in [0.15, 0.2) is 5.60 Å². The first-order chi connectivity index (χ1) is 12.5. The molecule has 0 saturated heterocycles. The van der Waals surface area contributed by atoms with E-state index in [1.165, 1.54) is 5.57 Å². The van der Waals surface area contributed by atoms with E-state index in [4.69, 9.17) is 10.6 Å². The van der Waals surface area contributed by atoms with E-state index in [1.54, 1.807) is 0 Å². The molecule has 0 aromatic rings. The smallest absolute Gasteiger partial charge is 0.265 e. The second kappa shape index (κ2) is 5.72. The summed E-state index contributed by atoms with van der Waals surface area (Å²) in [4.78, 5) is 0. The van der Waals surface area contributed by atoms with Crippen molar-refractivity contribution in [2.75, 3.05) is 6.26 Å². The Morgan fingerprint density at radius 3 is 2.63 bits per heavy atom. The minimum absolute atomic E-state index is 0.0786. The molecule has 0 heterocycles. The number of allylic oxidation sites excluding steroid dienone is 3. The Labute approximate surface area is 163 Å². The summed E-state index contributed by atoms with van der Waals surface area (Å²) in [6, 6.07) is 0. The van der Waals surface area contributed by atoms with Crippen molar-refractivity contribution in [3.63, 3.8) is 0 Å². The third kappa shape index (κ3) is 2.39. The predicted octanol–water partition coefficient (Wildman–Crippen LogP) is 3.58. The van der Waals surface area contributed by atoms with Crippen molar-refractivity contribution < 1.29 is 17.7 Å². The van der Waals surface area contributed by atoms with Crippen molar-refractivity contribution in [2.24, 2.45) is 22.7 Å². The fourth-order valence-electron chi connectivity index (χ4n) is 6.89. The van der Waals surface area contributed by atoms with Crippen LogP contribution in [0.1, 0.15) is 58.8 Å². The Bertz CT molecular complexity index is 865. The topological polar surface area (TPSA) is 63.6 Å². The first-order valence-corrected chi connectivity index (χ1v) is 11.8. The van der Waals surface area contributed by atoms with E-state index in [1.807, 2.05) is 0 Å². The van der Waals surface area contributed by atoms with Gasteiger partial charge in [-0.05, 0) is 62.4 Å². The monoisotopic (exact) mass is 390 g/mol. The summed E-state index contributed by atoms with van der Waals surface area (Å²) in [5, 5.41) is 12.0. The molecule has 0 bridgehead atoms. The molecule has 148 valence electrons. The summed E-state index contributed by atoms with van der Waals surface area (Å²) < 4.78 is 29.5. The van der Waals surface area contributed by atoms with Crippen LogP contribution in [0, 0.1) is 35.0 Å². The van der Waals surface area contributed by atoms with Gasteiger partial charge >= 0.3 is 0 Å². The summed E-state index contributed by atoms with van der Waals surface area (Å²) in [5.41, 5.74) is -1.32. The fraction of sp³-hybridized carbons (Fsp3) is 0.727. The third-order valence-corrected chi connectivity index (χ3v) is 9.08. The van der Waals surface area contributed by atoms with Crippen LogP contribution in [0.25, 0.3) is 0 Å². The molecule has 4 rings (SSSR count). The molecule has 2 saturated carbocycles. The van der Waals surface area contributed by atoms with Crippen molar-refractivity contribution in [1.82, 2.24) is 0 Å². The minimum atomic E-state index is -3.67. The number of fused-ring (bicyclic) bond motifs is 5. The maximum atomic E-state index is 12.0. The molecule has 0 radical (unpaired) electrons. The van der Waals surface area contributed by atoms with E-state index < -0.39 is 26.7 Å². The van der Waals surface area contributed by atoms with Gasteiger partial charge in [0.2, 0.25) is 0 Å². The highest BCUT2D eigenvalue weighted by atomic mass is 32.2. The van der Waals surface area contributed by atoms with Gasteiger partial charge in [-0.25, -0.2) is 4.18 Å². The van der Waals surface area contributed by atoms with Crippen molar-refractivity contribution in [3.8, 4) is 12.3 Å². The largest absolute Gasteiger partial charge is 0.389 e. The lowest BCUT2D eigenvalue weighted by molar-refractivity contribution is -0.189. The zero-order valence-electron chi connectivity index (χ0n) is 16.5. The highest BCUT2D eigenvalue weighted by molar-refractivity contribution is 7.86. The second-order valence-electron chi connectivity index (χ2n) is 9.52. The van der Waals surface area contributed by atoms with Crippen LogP contribution >= 0.6 is 0 Å². The highest BCUT2D eigenvalue weighted by Gasteiger charge is 2.69. The summed E-state index contributed by atoms with van der Waals surface area (Å²) in [6.45, 7) is 4.28. The summed E-state index contributed by atoms with van der Waals surface area (Å²) in [6.07, 6.45) is 19.0. The maximum absolute atomic E-state index is 12.0. The van der Waals surface area contributed by atoms with Gasteiger partial charge in [-0.3, -0.25) is 0 Å². The Morgan fingerprint density at radius 2 is 1.96 bits per heavy atom. The molecule has 0 unspecified atom stereocenters. The molecule has 0 amide bonds. The van der Waals surface area contributed by atoms with Crippen LogP contribution in [0.4, 0.5) is 0 Å².